The zero-order valence-corrected chi connectivity index (χ0v) is 22.9. The number of esters is 2. The number of fused-ring (bicyclic) bond motifs is 1. The van der Waals surface area contributed by atoms with Crippen molar-refractivity contribution in [2.45, 2.75) is 26.8 Å². The van der Waals surface area contributed by atoms with E-state index in [1.165, 1.54) is 28.9 Å². The first-order valence-electron chi connectivity index (χ1n) is 12.2. The molecule has 0 spiro atoms. The third kappa shape index (κ3) is 5.85. The molecular weight excluding hydrogens is 520 g/mol. The van der Waals surface area contributed by atoms with Gasteiger partial charge in [0.05, 0.1) is 35.6 Å². The average Bonchev–Trinajstić information content (AvgIpc) is 3.22. The highest BCUT2D eigenvalue weighted by Gasteiger charge is 2.33. The minimum absolute atomic E-state index is 0.0286. The normalized spacial score (nSPS) is 14.8. The molecule has 202 valence electrons. The van der Waals surface area contributed by atoms with Crippen LogP contribution in [0.4, 0.5) is 0 Å². The minimum atomic E-state index is -0.753. The Balaban J connectivity index is 1.87. The zero-order chi connectivity index (χ0) is 28.1. The van der Waals surface area contributed by atoms with Gasteiger partial charge in [-0.25, -0.2) is 9.79 Å². The lowest BCUT2D eigenvalue weighted by Gasteiger charge is -2.24. The Kier molecular flexibility index (Phi) is 8.46. The predicted octanol–water partition coefficient (Wildman–Crippen LogP) is 3.30. The van der Waals surface area contributed by atoms with Gasteiger partial charge < -0.3 is 18.9 Å². The molecular formula is C29H28N2O7S. The quantitative estimate of drug-likeness (QED) is 0.230. The fourth-order valence-electron chi connectivity index (χ4n) is 4.17. The summed E-state index contributed by atoms with van der Waals surface area (Å²) in [5.41, 5.74) is 1.78. The molecule has 0 amide bonds. The van der Waals surface area contributed by atoms with Crippen molar-refractivity contribution in [1.29, 1.82) is 0 Å². The van der Waals surface area contributed by atoms with Crippen molar-refractivity contribution in [3.8, 4) is 17.2 Å². The Morgan fingerprint density at radius 2 is 1.90 bits per heavy atom. The molecule has 1 aliphatic heterocycles. The molecule has 39 heavy (non-hydrogen) atoms. The summed E-state index contributed by atoms with van der Waals surface area (Å²) in [7, 11) is 1.57. The monoisotopic (exact) mass is 548 g/mol. The Morgan fingerprint density at radius 1 is 1.15 bits per heavy atom. The van der Waals surface area contributed by atoms with Gasteiger partial charge >= 0.3 is 11.9 Å². The summed E-state index contributed by atoms with van der Waals surface area (Å²) < 4.78 is 23.4. The first kappa shape index (κ1) is 27.6. The number of aromatic nitrogens is 1. The van der Waals surface area contributed by atoms with Gasteiger partial charge in [0.1, 0.15) is 12.4 Å². The Labute approximate surface area is 228 Å². The van der Waals surface area contributed by atoms with E-state index in [4.69, 9.17) is 18.9 Å². The number of allylic oxidation sites excluding steroid dienone is 1. The van der Waals surface area contributed by atoms with Crippen molar-refractivity contribution >= 4 is 29.4 Å². The highest BCUT2D eigenvalue weighted by molar-refractivity contribution is 7.07. The van der Waals surface area contributed by atoms with Gasteiger partial charge in [-0.05, 0) is 55.3 Å². The van der Waals surface area contributed by atoms with E-state index >= 15 is 0 Å². The molecule has 2 heterocycles. The molecule has 4 rings (SSSR count). The molecule has 9 nitrogen and oxygen atoms in total. The maximum atomic E-state index is 13.8. The molecule has 3 aromatic rings. The zero-order valence-electron chi connectivity index (χ0n) is 22.1. The number of rotatable bonds is 9. The van der Waals surface area contributed by atoms with Crippen LogP contribution in [0.1, 0.15) is 37.9 Å². The maximum absolute atomic E-state index is 13.8. The summed E-state index contributed by atoms with van der Waals surface area (Å²) in [5.74, 6) is 0.279. The second kappa shape index (κ2) is 12.0. The topological polar surface area (TPSA) is 105 Å². The molecule has 0 saturated heterocycles. The number of carbonyl (C=O) groups excluding carboxylic acids is 2. The molecule has 10 heteroatoms. The molecule has 0 aliphatic carbocycles. The molecule has 0 fully saturated rings. The molecule has 0 radical (unpaired) electrons. The van der Waals surface area contributed by atoms with E-state index in [1.54, 1.807) is 50.4 Å². The fourth-order valence-corrected chi connectivity index (χ4v) is 5.22. The van der Waals surface area contributed by atoms with Crippen molar-refractivity contribution in [1.82, 2.24) is 4.57 Å². The van der Waals surface area contributed by atoms with Gasteiger partial charge in [0.15, 0.2) is 16.3 Å². The Morgan fingerprint density at radius 3 is 2.54 bits per heavy atom. The van der Waals surface area contributed by atoms with Crippen LogP contribution in [0, 0.1) is 0 Å². The van der Waals surface area contributed by atoms with Gasteiger partial charge in [0.25, 0.3) is 5.56 Å². The van der Waals surface area contributed by atoms with Crippen molar-refractivity contribution in [3.63, 3.8) is 0 Å². The van der Waals surface area contributed by atoms with E-state index in [0.29, 0.717) is 50.0 Å². The molecule has 2 aromatic carbocycles. The van der Waals surface area contributed by atoms with Crippen LogP contribution in [0.3, 0.4) is 0 Å². The molecule has 1 atom stereocenters. The van der Waals surface area contributed by atoms with Gasteiger partial charge in [-0.2, -0.15) is 0 Å². The summed E-state index contributed by atoms with van der Waals surface area (Å²) >= 11 is 1.21. The molecule has 0 N–H and O–H groups in total. The lowest BCUT2D eigenvalue weighted by molar-refractivity contribution is -0.138. The van der Waals surface area contributed by atoms with Gasteiger partial charge in [0.2, 0.25) is 0 Å². The minimum Gasteiger partial charge on any atom is -0.497 e. The standard InChI is InChI=1S/C29H28N2O7S/c1-6-14-37-28(34)25-17(3)30-29-31(26(25)20-9-11-21(35-5)12-10-20)27(33)24(39-29)16-19-8-13-22(38-18(4)32)23(15-19)36-7-2/h6,8-13,15-16,26H,1,7,14H2,2-5H3/b24-16+/t26-/m0/s1. The number of thiazole rings is 1. The van der Waals surface area contributed by atoms with Crippen LogP contribution in [0.2, 0.25) is 0 Å². The van der Waals surface area contributed by atoms with Gasteiger partial charge in [0, 0.05) is 6.92 Å². The highest BCUT2D eigenvalue weighted by Crippen LogP contribution is 2.32. The molecule has 0 saturated carbocycles. The van der Waals surface area contributed by atoms with Crippen LogP contribution in [-0.4, -0.2) is 36.8 Å². The largest absolute Gasteiger partial charge is 0.497 e. The smallest absolute Gasteiger partial charge is 0.338 e. The number of benzene rings is 2. The number of carbonyl (C=O) groups is 2. The van der Waals surface area contributed by atoms with Crippen LogP contribution in [-0.2, 0) is 14.3 Å². The van der Waals surface area contributed by atoms with Gasteiger partial charge in [-0.15, -0.1) is 0 Å². The van der Waals surface area contributed by atoms with Crippen LogP contribution >= 0.6 is 11.3 Å². The van der Waals surface area contributed by atoms with Crippen molar-refractivity contribution in [2.24, 2.45) is 4.99 Å². The molecule has 1 aromatic heterocycles. The van der Waals surface area contributed by atoms with E-state index in [0.717, 1.165) is 0 Å². The third-order valence-electron chi connectivity index (χ3n) is 5.82. The van der Waals surface area contributed by atoms with Crippen LogP contribution < -0.4 is 29.1 Å². The van der Waals surface area contributed by atoms with Gasteiger partial charge in [-0.1, -0.05) is 42.2 Å². The van der Waals surface area contributed by atoms with Crippen LogP contribution in [0.15, 0.2) is 76.2 Å². The van der Waals surface area contributed by atoms with E-state index in [-0.39, 0.29) is 17.7 Å². The number of nitrogens with zero attached hydrogens (tertiary/aromatic N) is 2. The molecule has 0 unspecified atom stereocenters. The lowest BCUT2D eigenvalue weighted by atomic mass is 9.96. The summed E-state index contributed by atoms with van der Waals surface area (Å²) in [6, 6.07) is 11.4. The summed E-state index contributed by atoms with van der Waals surface area (Å²) in [6.45, 7) is 8.85. The van der Waals surface area contributed by atoms with E-state index < -0.39 is 18.0 Å². The van der Waals surface area contributed by atoms with E-state index in [2.05, 4.69) is 11.6 Å². The molecule has 1 aliphatic rings. The number of methoxy groups -OCH3 is 1. The van der Waals surface area contributed by atoms with Crippen molar-refractivity contribution < 1.29 is 28.5 Å². The highest BCUT2D eigenvalue weighted by atomic mass is 32.1. The van der Waals surface area contributed by atoms with Crippen LogP contribution in [0.5, 0.6) is 17.2 Å². The number of hydrogen-bond donors (Lipinski definition) is 0. The van der Waals surface area contributed by atoms with Gasteiger partial charge in [-0.3, -0.25) is 14.2 Å². The van der Waals surface area contributed by atoms with E-state index in [9.17, 15) is 14.4 Å². The second-order valence-corrected chi connectivity index (χ2v) is 9.48. The second-order valence-electron chi connectivity index (χ2n) is 8.47. The first-order chi connectivity index (χ1) is 18.8. The number of ether oxygens (including phenoxy) is 4. The molecule has 0 bridgehead atoms. The maximum Gasteiger partial charge on any atom is 0.338 e. The average molecular weight is 549 g/mol. The van der Waals surface area contributed by atoms with Crippen molar-refractivity contribution in [2.75, 3.05) is 20.3 Å². The van der Waals surface area contributed by atoms with Crippen molar-refractivity contribution in [3.05, 3.63) is 97.2 Å². The number of hydrogen-bond acceptors (Lipinski definition) is 9. The summed E-state index contributed by atoms with van der Waals surface area (Å²) in [4.78, 5) is 43.4. The SMILES string of the molecule is C=CCOC(=O)C1=C(C)N=c2s/c(=C/c3ccc(OC(C)=O)c(OCC)c3)c(=O)n2[C@H]1c1ccc(OC)cc1. The third-order valence-corrected chi connectivity index (χ3v) is 6.81. The summed E-state index contributed by atoms with van der Waals surface area (Å²) in [5, 5.41) is 0. The predicted molar refractivity (Wildman–Crippen MR) is 147 cm³/mol. The van der Waals surface area contributed by atoms with E-state index in [1.807, 2.05) is 19.1 Å². The van der Waals surface area contributed by atoms with Crippen LogP contribution in [0.25, 0.3) is 6.08 Å². The lowest BCUT2D eigenvalue weighted by Crippen LogP contribution is -2.39. The first-order valence-corrected chi connectivity index (χ1v) is 13.0. The fraction of sp³-hybridized carbons (Fsp3) is 0.241. The Hall–Kier alpha value is -4.44. The summed E-state index contributed by atoms with van der Waals surface area (Å²) in [6.07, 6.45) is 3.19. The Bertz CT molecular complexity index is 1630.